The zero-order valence-electron chi connectivity index (χ0n) is 15.9. The Bertz CT molecular complexity index is 577. The fourth-order valence-corrected chi connectivity index (χ4v) is 3.03. The largest absolute Gasteiger partial charge is 0.467 e. The molecule has 2 rings (SSSR count). The van der Waals surface area contributed by atoms with Crippen LogP contribution < -0.4 is 0 Å². The van der Waals surface area contributed by atoms with Crippen LogP contribution in [0.4, 0.5) is 0 Å². The number of carbonyl (C=O) groups excluding carboxylic acids is 2. The van der Waals surface area contributed by atoms with Crippen molar-refractivity contribution in [1.29, 1.82) is 0 Å². The summed E-state index contributed by atoms with van der Waals surface area (Å²) in [5, 5.41) is 0. The van der Waals surface area contributed by atoms with E-state index in [0.717, 1.165) is 25.2 Å². The summed E-state index contributed by atoms with van der Waals surface area (Å²) in [5.41, 5.74) is 0. The summed E-state index contributed by atoms with van der Waals surface area (Å²) in [4.78, 5) is 28.7. The fraction of sp³-hybridized carbons (Fsp3) is 0.600. The SMILES string of the molecule is C=CCN(CC(=O)N(Cc1ccco1)C[C@@H]1CCCO1)C(=O)CC(C)C. The van der Waals surface area contributed by atoms with E-state index in [-0.39, 0.29) is 30.4 Å². The molecule has 0 N–H and O–H groups in total. The van der Waals surface area contributed by atoms with Gasteiger partial charge >= 0.3 is 0 Å². The first-order valence-electron chi connectivity index (χ1n) is 9.30. The van der Waals surface area contributed by atoms with Crippen LogP contribution in [0.2, 0.25) is 0 Å². The smallest absolute Gasteiger partial charge is 0.242 e. The van der Waals surface area contributed by atoms with E-state index in [2.05, 4.69) is 6.58 Å². The lowest BCUT2D eigenvalue weighted by Crippen LogP contribution is -2.45. The second kappa shape index (κ2) is 10.2. The Balaban J connectivity index is 2.04. The summed E-state index contributed by atoms with van der Waals surface area (Å²) >= 11 is 0. The first-order valence-corrected chi connectivity index (χ1v) is 9.30. The maximum absolute atomic E-state index is 12.9. The van der Waals surface area contributed by atoms with Crippen LogP contribution in [0.5, 0.6) is 0 Å². The van der Waals surface area contributed by atoms with Crippen LogP contribution in [0.15, 0.2) is 35.5 Å². The van der Waals surface area contributed by atoms with Gasteiger partial charge in [0.15, 0.2) is 0 Å². The fourth-order valence-electron chi connectivity index (χ4n) is 3.03. The number of hydrogen-bond acceptors (Lipinski definition) is 4. The summed E-state index contributed by atoms with van der Waals surface area (Å²) in [7, 11) is 0. The Labute approximate surface area is 155 Å². The van der Waals surface area contributed by atoms with Gasteiger partial charge < -0.3 is 19.0 Å². The number of nitrogens with zero attached hydrogens (tertiary/aromatic N) is 2. The molecule has 1 aliphatic rings. The molecule has 0 radical (unpaired) electrons. The number of rotatable bonds is 10. The molecule has 1 saturated heterocycles. The highest BCUT2D eigenvalue weighted by molar-refractivity contribution is 5.85. The monoisotopic (exact) mass is 362 g/mol. The summed E-state index contributed by atoms with van der Waals surface area (Å²) in [6.07, 6.45) is 5.69. The second-order valence-electron chi connectivity index (χ2n) is 7.15. The lowest BCUT2D eigenvalue weighted by Gasteiger charge is -2.28. The molecule has 0 aliphatic carbocycles. The molecule has 26 heavy (non-hydrogen) atoms. The molecule has 6 nitrogen and oxygen atoms in total. The minimum atomic E-state index is -0.101. The van der Waals surface area contributed by atoms with Gasteiger partial charge in [-0.3, -0.25) is 9.59 Å². The first-order chi connectivity index (χ1) is 12.5. The number of ether oxygens (including phenoxy) is 1. The van der Waals surface area contributed by atoms with E-state index in [0.29, 0.717) is 26.1 Å². The average molecular weight is 362 g/mol. The zero-order chi connectivity index (χ0) is 18.9. The average Bonchev–Trinajstić information content (AvgIpc) is 3.27. The number of amides is 2. The molecule has 0 bridgehead atoms. The Hall–Kier alpha value is -2.08. The van der Waals surface area contributed by atoms with E-state index in [1.54, 1.807) is 28.2 Å². The van der Waals surface area contributed by atoms with Gasteiger partial charge in [-0.1, -0.05) is 19.9 Å². The summed E-state index contributed by atoms with van der Waals surface area (Å²) < 4.78 is 11.1. The standard InChI is InChI=1S/C20H30N2O4/c1-4-9-21(19(23)12-16(2)3)15-20(24)22(13-17-7-5-10-25-17)14-18-8-6-11-26-18/h4-5,7,10,16,18H,1,6,8-9,11-15H2,2-3H3/t18-/m0/s1. The highest BCUT2D eigenvalue weighted by Gasteiger charge is 2.26. The van der Waals surface area contributed by atoms with Crippen molar-refractivity contribution in [2.75, 3.05) is 26.2 Å². The van der Waals surface area contributed by atoms with Crippen LogP contribution in [-0.2, 0) is 20.9 Å². The quantitative estimate of drug-likeness (QED) is 0.601. The van der Waals surface area contributed by atoms with Gasteiger partial charge in [0.25, 0.3) is 0 Å². The predicted octanol–water partition coefficient (Wildman–Crippen LogP) is 2.85. The topological polar surface area (TPSA) is 63.0 Å². The van der Waals surface area contributed by atoms with E-state index in [9.17, 15) is 9.59 Å². The van der Waals surface area contributed by atoms with Crippen molar-refractivity contribution in [3.05, 3.63) is 36.8 Å². The summed E-state index contributed by atoms with van der Waals surface area (Å²) in [6, 6.07) is 3.65. The Morgan fingerprint density at radius 1 is 1.35 bits per heavy atom. The van der Waals surface area contributed by atoms with Crippen molar-refractivity contribution in [3.8, 4) is 0 Å². The first kappa shape index (κ1) is 20.2. The second-order valence-corrected chi connectivity index (χ2v) is 7.15. The molecule has 6 heteroatoms. The third-order valence-electron chi connectivity index (χ3n) is 4.34. The molecule has 0 spiro atoms. The van der Waals surface area contributed by atoms with E-state index in [1.165, 1.54) is 0 Å². The zero-order valence-corrected chi connectivity index (χ0v) is 15.9. The minimum Gasteiger partial charge on any atom is -0.467 e. The predicted molar refractivity (Wildman–Crippen MR) is 99.3 cm³/mol. The molecular weight excluding hydrogens is 332 g/mol. The maximum atomic E-state index is 12.9. The number of carbonyl (C=O) groups is 2. The molecular formula is C20H30N2O4. The number of furan rings is 1. The van der Waals surface area contributed by atoms with Crippen LogP contribution in [0, 0.1) is 5.92 Å². The van der Waals surface area contributed by atoms with E-state index >= 15 is 0 Å². The van der Waals surface area contributed by atoms with Crippen LogP contribution in [0.1, 0.15) is 38.9 Å². The van der Waals surface area contributed by atoms with Crippen LogP contribution >= 0.6 is 0 Å². The van der Waals surface area contributed by atoms with Crippen molar-refractivity contribution in [2.45, 2.75) is 45.8 Å². The molecule has 0 saturated carbocycles. The molecule has 2 amide bonds. The van der Waals surface area contributed by atoms with Crippen molar-refractivity contribution in [3.63, 3.8) is 0 Å². The lowest BCUT2D eigenvalue weighted by molar-refractivity contribution is -0.141. The van der Waals surface area contributed by atoms with E-state index in [1.807, 2.05) is 19.9 Å². The summed E-state index contributed by atoms with van der Waals surface area (Å²) in [6.45, 7) is 9.74. The Morgan fingerprint density at radius 3 is 2.73 bits per heavy atom. The van der Waals surface area contributed by atoms with Gasteiger partial charge in [0.05, 0.1) is 18.9 Å². The molecule has 0 unspecified atom stereocenters. The van der Waals surface area contributed by atoms with Gasteiger partial charge in [0.2, 0.25) is 11.8 Å². The molecule has 1 atom stereocenters. The number of hydrogen-bond donors (Lipinski definition) is 0. The van der Waals surface area contributed by atoms with Gasteiger partial charge in [0, 0.05) is 26.1 Å². The molecule has 2 heterocycles. The van der Waals surface area contributed by atoms with E-state index in [4.69, 9.17) is 9.15 Å². The lowest BCUT2D eigenvalue weighted by atomic mass is 10.1. The third-order valence-corrected chi connectivity index (χ3v) is 4.34. The van der Waals surface area contributed by atoms with Crippen molar-refractivity contribution in [2.24, 2.45) is 5.92 Å². The molecule has 144 valence electrons. The minimum absolute atomic E-state index is 0.0247. The van der Waals surface area contributed by atoms with Gasteiger partial charge in [-0.05, 0) is 30.9 Å². The molecule has 1 aliphatic heterocycles. The van der Waals surface area contributed by atoms with Gasteiger partial charge in [-0.2, -0.15) is 0 Å². The van der Waals surface area contributed by atoms with Gasteiger partial charge in [0.1, 0.15) is 12.3 Å². The van der Waals surface area contributed by atoms with Crippen LogP contribution in [0.25, 0.3) is 0 Å². The Kier molecular flexibility index (Phi) is 7.91. The van der Waals surface area contributed by atoms with Gasteiger partial charge in [-0.25, -0.2) is 0 Å². The molecule has 1 aromatic rings. The maximum Gasteiger partial charge on any atom is 0.242 e. The van der Waals surface area contributed by atoms with Crippen molar-refractivity contribution in [1.82, 2.24) is 9.80 Å². The highest BCUT2D eigenvalue weighted by Crippen LogP contribution is 2.16. The van der Waals surface area contributed by atoms with Crippen LogP contribution in [0.3, 0.4) is 0 Å². The third kappa shape index (κ3) is 6.33. The van der Waals surface area contributed by atoms with E-state index < -0.39 is 0 Å². The van der Waals surface area contributed by atoms with Gasteiger partial charge in [-0.15, -0.1) is 6.58 Å². The highest BCUT2D eigenvalue weighted by atomic mass is 16.5. The summed E-state index contributed by atoms with van der Waals surface area (Å²) in [5.74, 6) is 0.843. The van der Waals surface area contributed by atoms with Crippen molar-refractivity contribution >= 4 is 11.8 Å². The molecule has 0 aromatic carbocycles. The van der Waals surface area contributed by atoms with Crippen LogP contribution in [-0.4, -0.2) is 54.0 Å². The Morgan fingerprint density at radius 2 is 2.15 bits per heavy atom. The van der Waals surface area contributed by atoms with Crippen molar-refractivity contribution < 1.29 is 18.7 Å². The molecule has 1 fully saturated rings. The molecule has 1 aromatic heterocycles. The normalized spacial score (nSPS) is 16.7.